The summed E-state index contributed by atoms with van der Waals surface area (Å²) in [6.45, 7) is 0. The third kappa shape index (κ3) is 4.59. The van der Waals surface area contributed by atoms with Gasteiger partial charge in [0.05, 0.1) is 26.2 Å². The summed E-state index contributed by atoms with van der Waals surface area (Å²) in [7, 11) is 0. The molecule has 30 heavy (non-hydrogen) atoms. The molecule has 1 heterocycles. The van der Waals surface area contributed by atoms with Crippen LogP contribution in [0.2, 0.25) is 10.0 Å². The highest BCUT2D eigenvalue weighted by Crippen LogP contribution is 2.38. The highest BCUT2D eigenvalue weighted by molar-refractivity contribution is 7.99. The molecule has 3 aromatic carbocycles. The van der Waals surface area contributed by atoms with Gasteiger partial charge in [0.25, 0.3) is 0 Å². The number of para-hydroxylation sites is 1. The molecular weight excluding hydrogens is 441 g/mol. The topological polar surface area (TPSA) is 60.2 Å². The number of halogens is 2. The predicted octanol–water partition coefficient (Wildman–Crippen LogP) is 6.60. The Bertz CT molecular complexity index is 1270. The highest BCUT2D eigenvalue weighted by Gasteiger charge is 2.24. The molecule has 4 rings (SSSR count). The molecule has 4 aromatic rings. The highest BCUT2D eigenvalue weighted by atomic mass is 35.5. The zero-order valence-electron chi connectivity index (χ0n) is 15.5. The maximum absolute atomic E-state index is 13.0. The van der Waals surface area contributed by atoms with Gasteiger partial charge in [-0.1, -0.05) is 53.5 Å². The van der Waals surface area contributed by atoms with Crippen LogP contribution < -0.4 is 5.63 Å². The molecule has 4 nitrogen and oxygen atoms in total. The van der Waals surface area contributed by atoms with E-state index in [2.05, 4.69) is 4.98 Å². The lowest BCUT2D eigenvalue weighted by atomic mass is 10.1. The maximum Gasteiger partial charge on any atom is 0.346 e. The number of carbonyl (C=O) groups is 1. The van der Waals surface area contributed by atoms with Crippen LogP contribution in [0.15, 0.2) is 86.9 Å². The molecule has 0 amide bonds. The molecule has 0 aliphatic heterocycles. The van der Waals surface area contributed by atoms with Gasteiger partial charge >= 0.3 is 5.63 Å². The molecule has 1 aromatic heterocycles. The lowest BCUT2D eigenvalue weighted by Gasteiger charge is -2.15. The molecule has 0 aliphatic carbocycles. The maximum atomic E-state index is 13.0. The first-order chi connectivity index (χ1) is 14.5. The van der Waals surface area contributed by atoms with Crippen LogP contribution in [0.3, 0.4) is 0 Å². The average Bonchev–Trinajstić information content (AvgIpc) is 2.76. The van der Waals surface area contributed by atoms with Gasteiger partial charge in [-0.2, -0.15) is 0 Å². The van der Waals surface area contributed by atoms with Crippen molar-refractivity contribution in [2.45, 2.75) is 16.6 Å². The summed E-state index contributed by atoms with van der Waals surface area (Å²) >= 11 is 13.4. The fraction of sp³-hybridized carbons (Fsp3) is 0.0870. The van der Waals surface area contributed by atoms with E-state index in [9.17, 15) is 9.59 Å². The van der Waals surface area contributed by atoms with Crippen LogP contribution in [0.1, 0.15) is 27.9 Å². The van der Waals surface area contributed by atoms with E-state index in [-0.39, 0.29) is 18.1 Å². The van der Waals surface area contributed by atoms with E-state index < -0.39 is 10.9 Å². The summed E-state index contributed by atoms with van der Waals surface area (Å²) in [6, 6.07) is 21.3. The minimum atomic E-state index is -0.494. The fourth-order valence-electron chi connectivity index (χ4n) is 2.97. The van der Waals surface area contributed by atoms with E-state index in [1.807, 2.05) is 30.3 Å². The number of hydrogen-bond donors (Lipinski definition) is 0. The molecular formula is C23H15Cl2NO3S. The Hall–Kier alpha value is -2.60. The van der Waals surface area contributed by atoms with E-state index >= 15 is 0 Å². The predicted molar refractivity (Wildman–Crippen MR) is 121 cm³/mol. The van der Waals surface area contributed by atoms with Crippen molar-refractivity contribution in [3.8, 4) is 0 Å². The van der Waals surface area contributed by atoms with Crippen molar-refractivity contribution in [3.05, 3.63) is 105 Å². The van der Waals surface area contributed by atoms with Gasteiger partial charge in [0, 0.05) is 16.9 Å². The van der Waals surface area contributed by atoms with Crippen LogP contribution in [0, 0.1) is 0 Å². The third-order valence-electron chi connectivity index (χ3n) is 4.46. The first kappa shape index (κ1) is 20.7. The summed E-state index contributed by atoms with van der Waals surface area (Å²) in [5, 5.41) is 0.600. The van der Waals surface area contributed by atoms with E-state index in [1.165, 1.54) is 11.8 Å². The average molecular weight is 456 g/mol. The zero-order chi connectivity index (χ0) is 21.1. The second kappa shape index (κ2) is 9.04. The molecule has 0 aliphatic rings. The van der Waals surface area contributed by atoms with Gasteiger partial charge in [-0.25, -0.2) is 9.78 Å². The SMILES string of the molecule is O=C(CC(Sc1ccccc1)c1nc2ccccc2c(=O)o1)c1ccc(Cl)c(Cl)c1. The summed E-state index contributed by atoms with van der Waals surface area (Å²) in [4.78, 5) is 30.9. The van der Waals surface area contributed by atoms with Crippen molar-refractivity contribution in [2.24, 2.45) is 0 Å². The molecule has 1 atom stereocenters. The first-order valence-corrected chi connectivity index (χ1v) is 10.7. The molecule has 1 unspecified atom stereocenters. The van der Waals surface area contributed by atoms with E-state index in [4.69, 9.17) is 27.6 Å². The number of ketones is 1. The third-order valence-corrected chi connectivity index (χ3v) is 6.40. The fourth-order valence-corrected chi connectivity index (χ4v) is 4.35. The van der Waals surface area contributed by atoms with Crippen LogP contribution in [0.4, 0.5) is 0 Å². The van der Waals surface area contributed by atoms with Crippen LogP contribution in [0.25, 0.3) is 10.9 Å². The molecule has 0 bridgehead atoms. The quantitative estimate of drug-likeness (QED) is 0.242. The van der Waals surface area contributed by atoms with Crippen molar-refractivity contribution in [3.63, 3.8) is 0 Å². The zero-order valence-corrected chi connectivity index (χ0v) is 17.9. The number of benzene rings is 3. The van der Waals surface area contributed by atoms with Gasteiger partial charge in [-0.15, -0.1) is 11.8 Å². The first-order valence-electron chi connectivity index (χ1n) is 9.11. The van der Waals surface area contributed by atoms with E-state index in [0.29, 0.717) is 26.5 Å². The molecule has 0 saturated heterocycles. The van der Waals surface area contributed by atoms with E-state index in [0.717, 1.165) is 4.90 Å². The summed E-state index contributed by atoms with van der Waals surface area (Å²) in [6.07, 6.45) is 0.0752. The molecule has 0 spiro atoms. The second-order valence-corrected chi connectivity index (χ2v) is 8.62. The number of fused-ring (bicyclic) bond motifs is 1. The van der Waals surface area contributed by atoms with Crippen molar-refractivity contribution in [2.75, 3.05) is 0 Å². The molecule has 7 heteroatoms. The van der Waals surface area contributed by atoms with Crippen molar-refractivity contribution >= 4 is 51.6 Å². The van der Waals surface area contributed by atoms with Gasteiger partial charge < -0.3 is 4.42 Å². The van der Waals surface area contributed by atoms with Crippen LogP contribution in [-0.4, -0.2) is 10.8 Å². The standard InChI is InChI=1S/C23H15Cl2NO3S/c24-17-11-10-14(12-18(17)25)20(27)13-21(30-15-6-2-1-3-7-15)22-26-19-9-5-4-8-16(19)23(28)29-22/h1-12,21H,13H2. The van der Waals surface area contributed by atoms with Gasteiger partial charge in [0.15, 0.2) is 5.78 Å². The molecule has 0 radical (unpaired) electrons. The molecule has 0 fully saturated rings. The van der Waals surface area contributed by atoms with Gasteiger partial charge in [0.2, 0.25) is 5.89 Å². The van der Waals surface area contributed by atoms with Crippen molar-refractivity contribution in [1.82, 2.24) is 4.98 Å². The summed E-state index contributed by atoms with van der Waals surface area (Å²) < 4.78 is 5.52. The smallest absolute Gasteiger partial charge is 0.346 e. The number of hydrogen-bond acceptors (Lipinski definition) is 5. The Balaban J connectivity index is 1.72. The monoisotopic (exact) mass is 455 g/mol. The normalized spacial score (nSPS) is 12.1. The van der Waals surface area contributed by atoms with Gasteiger partial charge in [-0.05, 0) is 42.5 Å². The Labute approximate surface area is 186 Å². The minimum absolute atomic E-state index is 0.0752. The van der Waals surface area contributed by atoms with Crippen molar-refractivity contribution in [1.29, 1.82) is 0 Å². The molecule has 150 valence electrons. The van der Waals surface area contributed by atoms with Gasteiger partial charge in [-0.3, -0.25) is 4.79 Å². The van der Waals surface area contributed by atoms with Gasteiger partial charge in [0.1, 0.15) is 0 Å². The van der Waals surface area contributed by atoms with Crippen LogP contribution >= 0.6 is 35.0 Å². The largest absolute Gasteiger partial charge is 0.407 e. The minimum Gasteiger partial charge on any atom is -0.407 e. The lowest BCUT2D eigenvalue weighted by molar-refractivity contribution is 0.0979. The Morgan fingerprint density at radius 3 is 2.47 bits per heavy atom. The Morgan fingerprint density at radius 2 is 1.70 bits per heavy atom. The van der Waals surface area contributed by atoms with Crippen molar-refractivity contribution < 1.29 is 9.21 Å². The van der Waals surface area contributed by atoms with Crippen LogP contribution in [-0.2, 0) is 0 Å². The Kier molecular flexibility index (Phi) is 6.23. The summed E-state index contributed by atoms with van der Waals surface area (Å²) in [5.74, 6) is 0.0561. The lowest BCUT2D eigenvalue weighted by Crippen LogP contribution is -2.11. The number of Topliss-reactive ketones (excluding diaryl/α,β-unsaturated/α-hetero) is 1. The second-order valence-electron chi connectivity index (χ2n) is 6.53. The van der Waals surface area contributed by atoms with Crippen LogP contribution in [0.5, 0.6) is 0 Å². The van der Waals surface area contributed by atoms with E-state index in [1.54, 1.807) is 42.5 Å². The molecule has 0 saturated carbocycles. The number of thioether (sulfide) groups is 1. The molecule has 0 N–H and O–H groups in total. The number of nitrogens with zero attached hydrogens (tertiary/aromatic N) is 1. The number of carbonyl (C=O) groups excluding carboxylic acids is 1. The number of rotatable bonds is 6. The summed E-state index contributed by atoms with van der Waals surface area (Å²) in [5.41, 5.74) is 0.492. The number of aromatic nitrogens is 1. The Morgan fingerprint density at radius 1 is 0.967 bits per heavy atom.